The summed E-state index contributed by atoms with van der Waals surface area (Å²) in [7, 11) is 0. The van der Waals surface area contributed by atoms with Gasteiger partial charge in [0.15, 0.2) is 0 Å². The maximum atomic E-state index is 6.86. The number of hydrogen-bond acceptors (Lipinski definition) is 1. The van der Waals surface area contributed by atoms with Crippen LogP contribution in [0.5, 0.6) is 0 Å². The average molecular weight is 380 g/mol. The van der Waals surface area contributed by atoms with Crippen LogP contribution in [0.4, 0.5) is 0 Å². The lowest BCUT2D eigenvalue weighted by atomic mass is 9.93. The normalized spacial score (nSPS) is 12.8. The van der Waals surface area contributed by atoms with E-state index in [1.165, 1.54) is 37.9 Å². The first-order chi connectivity index (χ1) is 9.99. The summed E-state index contributed by atoms with van der Waals surface area (Å²) in [6, 6.07) is 10.7. The largest absolute Gasteiger partial charge is 0.142 e. The predicted molar refractivity (Wildman–Crippen MR) is 97.9 cm³/mol. The van der Waals surface area contributed by atoms with Crippen LogP contribution in [-0.4, -0.2) is 0 Å². The number of fused-ring (bicyclic) bond motifs is 1. The van der Waals surface area contributed by atoms with Gasteiger partial charge in [-0.25, -0.2) is 0 Å². The molecule has 0 bridgehead atoms. The lowest BCUT2D eigenvalue weighted by molar-refractivity contribution is 1.09. The van der Waals surface area contributed by atoms with Gasteiger partial charge in [-0.1, -0.05) is 29.8 Å². The summed E-state index contributed by atoms with van der Waals surface area (Å²) in [4.78, 5) is 0. The van der Waals surface area contributed by atoms with Crippen LogP contribution in [0.1, 0.15) is 33.2 Å². The molecule has 1 atom stereocenters. The molecule has 0 radical (unpaired) electrons. The first-order valence-corrected chi connectivity index (χ1v) is 8.97. The zero-order valence-electron chi connectivity index (χ0n) is 12.2. The molecular formula is C18H16BrClS. The minimum absolute atomic E-state index is 0.103. The van der Waals surface area contributed by atoms with E-state index in [-0.39, 0.29) is 5.38 Å². The van der Waals surface area contributed by atoms with Gasteiger partial charge in [-0.3, -0.25) is 0 Å². The smallest absolute Gasteiger partial charge is 0.0854 e. The van der Waals surface area contributed by atoms with Crippen molar-refractivity contribution in [3.8, 4) is 0 Å². The van der Waals surface area contributed by atoms with E-state index in [9.17, 15) is 0 Å². The fourth-order valence-electron chi connectivity index (χ4n) is 2.98. The van der Waals surface area contributed by atoms with Crippen LogP contribution < -0.4 is 0 Å². The summed E-state index contributed by atoms with van der Waals surface area (Å²) in [5.41, 5.74) is 6.26. The van der Waals surface area contributed by atoms with Crippen LogP contribution in [0.15, 0.2) is 40.2 Å². The van der Waals surface area contributed by atoms with Crippen LogP contribution in [0, 0.1) is 20.8 Å². The van der Waals surface area contributed by atoms with Gasteiger partial charge in [0, 0.05) is 9.17 Å². The Labute approximate surface area is 142 Å². The van der Waals surface area contributed by atoms with E-state index in [4.69, 9.17) is 11.6 Å². The van der Waals surface area contributed by atoms with Crippen molar-refractivity contribution in [3.05, 3.63) is 68.0 Å². The Bertz CT molecular complexity index is 796. The molecule has 1 unspecified atom stereocenters. The van der Waals surface area contributed by atoms with Crippen molar-refractivity contribution >= 4 is 49.0 Å². The zero-order valence-corrected chi connectivity index (χ0v) is 15.4. The van der Waals surface area contributed by atoms with Gasteiger partial charge in [-0.05, 0) is 75.8 Å². The van der Waals surface area contributed by atoms with E-state index in [2.05, 4.69) is 72.4 Å². The molecule has 3 heteroatoms. The standard InChI is InChI=1S/C18H16BrClS/c1-10-7-11(2)16(12(3)8-10)17(20)14-9-21-18-13(14)5-4-6-15(18)19/h4-9,17H,1-3H3. The number of alkyl halides is 1. The van der Waals surface area contributed by atoms with Crippen molar-refractivity contribution in [1.29, 1.82) is 0 Å². The molecular weight excluding hydrogens is 364 g/mol. The molecule has 0 aliphatic rings. The van der Waals surface area contributed by atoms with Gasteiger partial charge in [-0.15, -0.1) is 22.9 Å². The van der Waals surface area contributed by atoms with Crippen molar-refractivity contribution in [2.75, 3.05) is 0 Å². The third kappa shape index (κ3) is 2.65. The number of benzene rings is 2. The van der Waals surface area contributed by atoms with Crippen molar-refractivity contribution in [2.24, 2.45) is 0 Å². The van der Waals surface area contributed by atoms with Crippen molar-refractivity contribution < 1.29 is 0 Å². The molecule has 0 N–H and O–H groups in total. The minimum Gasteiger partial charge on any atom is -0.142 e. The van der Waals surface area contributed by atoms with Crippen LogP contribution >= 0.6 is 38.9 Å². The summed E-state index contributed by atoms with van der Waals surface area (Å²) in [6.07, 6.45) is 0. The first-order valence-electron chi connectivity index (χ1n) is 6.86. The highest BCUT2D eigenvalue weighted by Crippen LogP contribution is 2.41. The topological polar surface area (TPSA) is 0 Å². The number of hydrogen-bond donors (Lipinski definition) is 0. The van der Waals surface area contributed by atoms with Crippen molar-refractivity contribution in [1.82, 2.24) is 0 Å². The summed E-state index contributed by atoms with van der Waals surface area (Å²) < 4.78 is 2.40. The van der Waals surface area contributed by atoms with Gasteiger partial charge in [0.05, 0.1) is 5.38 Å². The SMILES string of the molecule is Cc1cc(C)c(C(Cl)c2csc3c(Br)cccc23)c(C)c1. The van der Waals surface area contributed by atoms with E-state index in [0.29, 0.717) is 0 Å². The molecule has 0 spiro atoms. The molecule has 108 valence electrons. The first kappa shape index (κ1) is 15.1. The lowest BCUT2D eigenvalue weighted by Crippen LogP contribution is -2.00. The molecule has 2 aromatic carbocycles. The molecule has 0 aliphatic heterocycles. The van der Waals surface area contributed by atoms with Crippen LogP contribution in [0.3, 0.4) is 0 Å². The number of thiophene rings is 1. The van der Waals surface area contributed by atoms with Gasteiger partial charge in [0.2, 0.25) is 0 Å². The second kappa shape index (κ2) is 5.75. The number of rotatable bonds is 2. The van der Waals surface area contributed by atoms with Crippen molar-refractivity contribution in [3.63, 3.8) is 0 Å². The Kier molecular flexibility index (Phi) is 4.13. The summed E-state index contributed by atoms with van der Waals surface area (Å²) in [6.45, 7) is 6.43. The highest BCUT2D eigenvalue weighted by Gasteiger charge is 2.20. The van der Waals surface area contributed by atoms with Gasteiger partial charge >= 0.3 is 0 Å². The molecule has 21 heavy (non-hydrogen) atoms. The van der Waals surface area contributed by atoms with Gasteiger partial charge in [-0.2, -0.15) is 0 Å². The highest BCUT2D eigenvalue weighted by atomic mass is 79.9. The average Bonchev–Trinajstić information content (AvgIpc) is 2.82. The molecule has 1 aromatic heterocycles. The Morgan fingerprint density at radius 2 is 1.76 bits per heavy atom. The monoisotopic (exact) mass is 378 g/mol. The minimum atomic E-state index is -0.103. The van der Waals surface area contributed by atoms with Crippen LogP contribution in [-0.2, 0) is 0 Å². The molecule has 3 rings (SSSR count). The Hall–Kier alpha value is -0.830. The van der Waals surface area contributed by atoms with Crippen LogP contribution in [0.25, 0.3) is 10.1 Å². The summed E-state index contributed by atoms with van der Waals surface area (Å²) in [5, 5.41) is 3.33. The second-order valence-corrected chi connectivity index (χ2v) is 7.65. The van der Waals surface area contributed by atoms with Crippen molar-refractivity contribution in [2.45, 2.75) is 26.1 Å². The lowest BCUT2D eigenvalue weighted by Gasteiger charge is -2.16. The molecule has 0 amide bonds. The molecule has 0 nitrogen and oxygen atoms in total. The maximum Gasteiger partial charge on any atom is 0.0854 e. The summed E-state index contributed by atoms with van der Waals surface area (Å²) in [5.74, 6) is 0. The van der Waals surface area contributed by atoms with E-state index >= 15 is 0 Å². The number of aryl methyl sites for hydroxylation is 3. The zero-order chi connectivity index (χ0) is 15.1. The highest BCUT2D eigenvalue weighted by molar-refractivity contribution is 9.10. The quantitative estimate of drug-likeness (QED) is 0.424. The molecule has 1 heterocycles. The summed E-state index contributed by atoms with van der Waals surface area (Å²) >= 11 is 12.2. The molecule has 0 saturated heterocycles. The third-order valence-electron chi connectivity index (χ3n) is 3.85. The van der Waals surface area contributed by atoms with Crippen LogP contribution in [0.2, 0.25) is 0 Å². The fraction of sp³-hybridized carbons (Fsp3) is 0.222. The fourth-order valence-corrected chi connectivity index (χ4v) is 5.23. The second-order valence-electron chi connectivity index (χ2n) is 5.48. The van der Waals surface area contributed by atoms with E-state index in [1.54, 1.807) is 11.3 Å². The van der Waals surface area contributed by atoms with E-state index < -0.39 is 0 Å². The third-order valence-corrected chi connectivity index (χ3v) is 6.27. The van der Waals surface area contributed by atoms with E-state index in [1.807, 2.05) is 0 Å². The molecule has 0 fully saturated rings. The Morgan fingerprint density at radius 3 is 2.43 bits per heavy atom. The van der Waals surface area contributed by atoms with E-state index in [0.717, 1.165) is 4.47 Å². The van der Waals surface area contributed by atoms with Gasteiger partial charge < -0.3 is 0 Å². The molecule has 3 aromatic rings. The maximum absolute atomic E-state index is 6.86. The van der Waals surface area contributed by atoms with Gasteiger partial charge in [0.1, 0.15) is 0 Å². The predicted octanol–water partition coefficient (Wildman–Crippen LogP) is 6.92. The Balaban J connectivity index is 2.18. The van der Waals surface area contributed by atoms with Gasteiger partial charge in [0.25, 0.3) is 0 Å². The Morgan fingerprint density at radius 1 is 1.10 bits per heavy atom. The molecule has 0 aliphatic carbocycles. The number of halogens is 2. The molecule has 0 saturated carbocycles.